The number of rotatable bonds is 8. The molecule has 2 aromatic rings. The second kappa shape index (κ2) is 8.59. The molecule has 2 heterocycles. The highest BCUT2D eigenvalue weighted by atomic mass is 19.4. The molecule has 3 aliphatic rings. The van der Waals surface area contributed by atoms with Crippen molar-refractivity contribution in [2.75, 3.05) is 11.6 Å². The van der Waals surface area contributed by atoms with E-state index in [2.05, 4.69) is 20.4 Å². The summed E-state index contributed by atoms with van der Waals surface area (Å²) in [5, 5.41) is 13.5. The third kappa shape index (κ3) is 4.65. The van der Waals surface area contributed by atoms with E-state index in [0.717, 1.165) is 25.0 Å². The van der Waals surface area contributed by atoms with Crippen molar-refractivity contribution in [1.82, 2.24) is 20.3 Å². The summed E-state index contributed by atoms with van der Waals surface area (Å²) in [5.41, 5.74) is -1.96. The Labute approximate surface area is 211 Å². The minimum Gasteiger partial charge on any atom is -0.372 e. The number of hydrazine groups is 1. The Hall–Kier alpha value is -2.86. The second-order valence-electron chi connectivity index (χ2n) is 10.6. The standard InChI is InChI=1S/C25H29F5N6O/c1-15(20-33-14-34-36(20)21-31-7-4-8-32-21)35(12-16-5-6-16)23(3,37)18-9-17(22(2)13-24(22,26)27)10-19(11-18)25(28,29)30/h4,7-11,14-16,20,37H,5-6,12-13H2,1-3H3,(H,33,34). The van der Waals surface area contributed by atoms with E-state index in [9.17, 15) is 27.1 Å². The summed E-state index contributed by atoms with van der Waals surface area (Å²) in [6, 6.07) is 4.06. The van der Waals surface area contributed by atoms with E-state index < -0.39 is 47.4 Å². The summed E-state index contributed by atoms with van der Waals surface area (Å²) in [5.74, 6) is -2.51. The molecule has 12 heteroatoms. The molecule has 2 N–H and O–H groups in total. The summed E-state index contributed by atoms with van der Waals surface area (Å²) in [6.07, 6.45) is 0.545. The number of aliphatic hydroxyl groups is 1. The van der Waals surface area contributed by atoms with Crippen molar-refractivity contribution in [3.63, 3.8) is 0 Å². The number of hydrogen-bond acceptors (Lipinski definition) is 7. The normalized spacial score (nSPS) is 27.2. The summed E-state index contributed by atoms with van der Waals surface area (Å²) in [6.45, 7) is 4.87. The van der Waals surface area contributed by atoms with Crippen LogP contribution >= 0.6 is 0 Å². The second-order valence-corrected chi connectivity index (χ2v) is 10.6. The lowest BCUT2D eigenvalue weighted by atomic mass is 9.89. The van der Waals surface area contributed by atoms with Crippen LogP contribution in [0.4, 0.5) is 27.9 Å². The molecule has 2 aliphatic carbocycles. The predicted octanol–water partition coefficient (Wildman–Crippen LogP) is 4.44. The van der Waals surface area contributed by atoms with E-state index in [4.69, 9.17) is 0 Å². The monoisotopic (exact) mass is 524 g/mol. The topological polar surface area (TPSA) is 76.9 Å². The van der Waals surface area contributed by atoms with E-state index in [1.807, 2.05) is 6.92 Å². The van der Waals surface area contributed by atoms with Gasteiger partial charge in [0.25, 0.3) is 5.92 Å². The van der Waals surface area contributed by atoms with Crippen LogP contribution < -0.4 is 10.4 Å². The first-order valence-corrected chi connectivity index (χ1v) is 12.2. The van der Waals surface area contributed by atoms with E-state index in [1.165, 1.54) is 26.3 Å². The molecule has 1 aliphatic heterocycles. The van der Waals surface area contributed by atoms with Crippen molar-refractivity contribution in [2.24, 2.45) is 10.9 Å². The van der Waals surface area contributed by atoms with Gasteiger partial charge in [-0.15, -0.1) is 0 Å². The van der Waals surface area contributed by atoms with Gasteiger partial charge in [0.1, 0.15) is 12.1 Å². The highest BCUT2D eigenvalue weighted by molar-refractivity contribution is 5.62. The van der Waals surface area contributed by atoms with Crippen LogP contribution in [0, 0.1) is 5.92 Å². The molecule has 4 unspecified atom stereocenters. The quantitative estimate of drug-likeness (QED) is 0.393. The van der Waals surface area contributed by atoms with E-state index in [-0.39, 0.29) is 17.0 Å². The zero-order chi connectivity index (χ0) is 26.8. The summed E-state index contributed by atoms with van der Waals surface area (Å²) in [7, 11) is 0. The van der Waals surface area contributed by atoms with E-state index in [0.29, 0.717) is 12.5 Å². The molecule has 0 amide bonds. The van der Waals surface area contributed by atoms with Crippen LogP contribution in [0.5, 0.6) is 0 Å². The molecule has 1 aromatic carbocycles. The molecule has 2 fully saturated rings. The van der Waals surface area contributed by atoms with Gasteiger partial charge in [0.2, 0.25) is 5.95 Å². The fraction of sp³-hybridized carbons (Fsp3) is 0.560. The molecule has 2 saturated carbocycles. The van der Waals surface area contributed by atoms with E-state index in [1.54, 1.807) is 28.4 Å². The maximum atomic E-state index is 14.2. The molecule has 37 heavy (non-hydrogen) atoms. The Bertz CT molecular complexity index is 1190. The first-order valence-electron chi connectivity index (χ1n) is 12.2. The highest BCUT2D eigenvalue weighted by Gasteiger charge is 2.69. The Balaban J connectivity index is 1.54. The van der Waals surface area contributed by atoms with E-state index >= 15 is 0 Å². The number of nitrogens with one attached hydrogen (secondary N) is 1. The van der Waals surface area contributed by atoms with Crippen molar-refractivity contribution in [1.29, 1.82) is 0 Å². The average molecular weight is 525 g/mol. The number of halogens is 5. The smallest absolute Gasteiger partial charge is 0.372 e. The number of nitrogens with zero attached hydrogens (tertiary/aromatic N) is 5. The Morgan fingerprint density at radius 1 is 1.16 bits per heavy atom. The molecule has 1 aromatic heterocycles. The van der Waals surface area contributed by atoms with Crippen LogP contribution in [0.3, 0.4) is 0 Å². The van der Waals surface area contributed by atoms with Gasteiger partial charge < -0.3 is 5.11 Å². The minimum atomic E-state index is -4.77. The van der Waals surface area contributed by atoms with Crippen LogP contribution in [-0.4, -0.2) is 51.0 Å². The molecule has 0 saturated heterocycles. The maximum Gasteiger partial charge on any atom is 0.416 e. The van der Waals surface area contributed by atoms with Gasteiger partial charge in [-0.25, -0.2) is 28.8 Å². The number of hydrogen-bond donors (Lipinski definition) is 2. The summed E-state index contributed by atoms with van der Waals surface area (Å²) in [4.78, 5) is 14.6. The predicted molar refractivity (Wildman–Crippen MR) is 127 cm³/mol. The molecule has 0 radical (unpaired) electrons. The molecular weight excluding hydrogens is 495 g/mol. The number of benzene rings is 1. The first-order chi connectivity index (χ1) is 17.2. The van der Waals surface area contributed by atoms with Crippen LogP contribution in [0.1, 0.15) is 56.7 Å². The SMILES string of the molecule is CC(C1N=CNN1c1ncccn1)N(CC1CC1)C(C)(O)c1cc(C(F)(F)F)cc(C2(C)CC2(F)F)c1. The van der Waals surface area contributed by atoms with Gasteiger partial charge >= 0.3 is 6.18 Å². The molecule has 0 spiro atoms. The van der Waals surface area contributed by atoms with Crippen LogP contribution in [0.15, 0.2) is 41.7 Å². The van der Waals surface area contributed by atoms with Gasteiger partial charge in [0, 0.05) is 25.4 Å². The van der Waals surface area contributed by atoms with Crippen LogP contribution in [0.25, 0.3) is 0 Å². The third-order valence-electron chi connectivity index (χ3n) is 7.79. The van der Waals surface area contributed by atoms with Crippen LogP contribution in [0.2, 0.25) is 0 Å². The van der Waals surface area contributed by atoms with Crippen molar-refractivity contribution >= 4 is 12.3 Å². The average Bonchev–Trinajstić information content (AvgIpc) is 3.68. The van der Waals surface area contributed by atoms with Gasteiger partial charge in [-0.3, -0.25) is 10.3 Å². The van der Waals surface area contributed by atoms with Gasteiger partial charge in [0.15, 0.2) is 6.17 Å². The van der Waals surface area contributed by atoms with Gasteiger partial charge in [-0.1, -0.05) is 6.07 Å². The fourth-order valence-corrected chi connectivity index (χ4v) is 4.99. The van der Waals surface area contributed by atoms with Crippen molar-refractivity contribution in [3.05, 3.63) is 53.3 Å². The minimum absolute atomic E-state index is 0.0915. The summed E-state index contributed by atoms with van der Waals surface area (Å²) < 4.78 is 70.0. The zero-order valence-corrected chi connectivity index (χ0v) is 20.7. The third-order valence-corrected chi connectivity index (χ3v) is 7.79. The number of alkyl halides is 5. The number of aromatic nitrogens is 2. The molecule has 5 rings (SSSR count). The Morgan fingerprint density at radius 3 is 2.35 bits per heavy atom. The summed E-state index contributed by atoms with van der Waals surface area (Å²) >= 11 is 0. The molecule has 7 nitrogen and oxygen atoms in total. The van der Waals surface area contributed by atoms with Crippen molar-refractivity contribution in [3.8, 4) is 0 Å². The first kappa shape index (κ1) is 25.8. The Kier molecular flexibility index (Phi) is 5.98. The molecular formula is C25H29F5N6O. The van der Waals surface area contributed by atoms with Gasteiger partial charge in [-0.2, -0.15) is 13.2 Å². The van der Waals surface area contributed by atoms with Crippen molar-refractivity contribution < 1.29 is 27.1 Å². The lowest BCUT2D eigenvalue weighted by Gasteiger charge is -2.44. The lowest BCUT2D eigenvalue weighted by molar-refractivity contribution is -0.139. The lowest BCUT2D eigenvalue weighted by Crippen LogP contribution is -2.58. The highest BCUT2D eigenvalue weighted by Crippen LogP contribution is 2.62. The number of anilines is 1. The van der Waals surface area contributed by atoms with Gasteiger partial charge in [0.05, 0.1) is 17.0 Å². The molecule has 4 atom stereocenters. The van der Waals surface area contributed by atoms with Crippen molar-refractivity contribution in [2.45, 2.75) is 75.5 Å². The maximum absolute atomic E-state index is 14.2. The largest absolute Gasteiger partial charge is 0.416 e. The molecule has 200 valence electrons. The van der Waals surface area contributed by atoms with Gasteiger partial charge in [-0.05, 0) is 68.9 Å². The van der Waals surface area contributed by atoms with Crippen LogP contribution in [-0.2, 0) is 17.3 Å². The molecule has 0 bridgehead atoms. The Morgan fingerprint density at radius 2 is 1.78 bits per heavy atom. The number of aliphatic imine (C=N–C) groups is 1. The fourth-order valence-electron chi connectivity index (χ4n) is 4.99. The zero-order valence-electron chi connectivity index (χ0n) is 20.7.